The average Bonchev–Trinajstić information content (AvgIpc) is 2.28. The van der Waals surface area contributed by atoms with Crippen molar-refractivity contribution in [3.63, 3.8) is 0 Å². The number of hydrogen-bond acceptors (Lipinski definition) is 6. The molecule has 1 heterocycles. The fourth-order valence-corrected chi connectivity index (χ4v) is 1.32. The summed E-state index contributed by atoms with van der Waals surface area (Å²) in [5.41, 5.74) is 0.00949. The Kier molecular flexibility index (Phi) is 4.29. The molecule has 0 aromatic carbocycles. The Morgan fingerprint density at radius 3 is 2.88 bits per heavy atom. The van der Waals surface area contributed by atoms with Gasteiger partial charge in [-0.25, -0.2) is 0 Å². The number of likely N-dealkylation sites (N-methyl/N-ethyl adjacent to an activating group) is 1. The Balaban J connectivity index is 2.98. The van der Waals surface area contributed by atoms with Gasteiger partial charge in [0.05, 0.1) is 11.7 Å². The van der Waals surface area contributed by atoms with E-state index in [2.05, 4.69) is 10.3 Å². The molecular formula is C9H13N3O4. The van der Waals surface area contributed by atoms with Crippen molar-refractivity contribution in [2.45, 2.75) is 12.2 Å². The lowest BCUT2D eigenvalue weighted by atomic mass is 10.1. The molecule has 0 aliphatic carbocycles. The van der Waals surface area contributed by atoms with Crippen LogP contribution < -0.4 is 5.32 Å². The van der Waals surface area contributed by atoms with Crippen LogP contribution in [0.3, 0.4) is 0 Å². The number of rotatable bonds is 5. The van der Waals surface area contributed by atoms with E-state index in [4.69, 9.17) is 0 Å². The maximum Gasteiger partial charge on any atom is 0.369 e. The van der Waals surface area contributed by atoms with E-state index in [9.17, 15) is 20.3 Å². The maximum absolute atomic E-state index is 10.6. The highest BCUT2D eigenvalue weighted by Crippen LogP contribution is 2.24. The van der Waals surface area contributed by atoms with Crippen LogP contribution in [0.15, 0.2) is 18.3 Å². The van der Waals surface area contributed by atoms with Crippen LogP contribution in [-0.4, -0.2) is 39.8 Å². The molecule has 2 atom stereocenters. The van der Waals surface area contributed by atoms with E-state index in [0.717, 1.165) is 0 Å². The lowest BCUT2D eigenvalue weighted by molar-refractivity contribution is -0.391. The van der Waals surface area contributed by atoms with Gasteiger partial charge in [-0.3, -0.25) is 0 Å². The van der Waals surface area contributed by atoms with Gasteiger partial charge in [0, 0.05) is 6.54 Å². The van der Waals surface area contributed by atoms with Crippen LogP contribution in [0.4, 0.5) is 5.82 Å². The molecule has 0 radical (unpaired) electrons. The molecular weight excluding hydrogens is 214 g/mol. The van der Waals surface area contributed by atoms with Crippen molar-refractivity contribution in [2.75, 3.05) is 13.6 Å². The van der Waals surface area contributed by atoms with E-state index in [0.29, 0.717) is 0 Å². The molecule has 0 saturated heterocycles. The normalized spacial score (nSPS) is 14.4. The topological polar surface area (TPSA) is 109 Å². The molecule has 0 bridgehead atoms. The summed E-state index contributed by atoms with van der Waals surface area (Å²) in [6.07, 6.45) is -1.19. The third-order valence-electron chi connectivity index (χ3n) is 2.09. The van der Waals surface area contributed by atoms with Gasteiger partial charge in [-0.15, -0.1) is 0 Å². The molecule has 1 aromatic rings. The van der Waals surface area contributed by atoms with Crippen molar-refractivity contribution in [2.24, 2.45) is 0 Å². The number of pyridine rings is 1. The van der Waals surface area contributed by atoms with E-state index in [1.165, 1.54) is 18.3 Å². The number of aromatic nitrogens is 1. The summed E-state index contributed by atoms with van der Waals surface area (Å²) in [6.45, 7) is 0.132. The molecule has 7 heteroatoms. The third-order valence-corrected chi connectivity index (χ3v) is 2.09. The number of nitrogens with zero attached hydrogens (tertiary/aromatic N) is 2. The van der Waals surface area contributed by atoms with E-state index in [1.54, 1.807) is 7.05 Å². The summed E-state index contributed by atoms with van der Waals surface area (Å²) in [6, 6.07) is 2.84. The summed E-state index contributed by atoms with van der Waals surface area (Å²) in [4.78, 5) is 13.5. The first-order chi connectivity index (χ1) is 7.57. The van der Waals surface area contributed by atoms with Gasteiger partial charge in [0.1, 0.15) is 12.3 Å². The van der Waals surface area contributed by atoms with E-state index in [-0.39, 0.29) is 12.1 Å². The van der Waals surface area contributed by atoms with Crippen LogP contribution in [-0.2, 0) is 0 Å². The molecule has 88 valence electrons. The predicted molar refractivity (Wildman–Crippen MR) is 55.8 cm³/mol. The zero-order valence-corrected chi connectivity index (χ0v) is 8.70. The van der Waals surface area contributed by atoms with Gasteiger partial charge in [-0.2, -0.15) is 0 Å². The first-order valence-electron chi connectivity index (χ1n) is 4.68. The van der Waals surface area contributed by atoms with Crippen LogP contribution in [0.1, 0.15) is 11.7 Å². The molecule has 7 nitrogen and oxygen atoms in total. The quantitative estimate of drug-likeness (QED) is 0.466. The first-order valence-corrected chi connectivity index (χ1v) is 4.68. The van der Waals surface area contributed by atoms with Crippen molar-refractivity contribution in [1.29, 1.82) is 0 Å². The van der Waals surface area contributed by atoms with Crippen molar-refractivity contribution >= 4 is 5.82 Å². The number of hydrogen-bond donors (Lipinski definition) is 3. The SMILES string of the molecule is CNCC(O)C(O)c1cccnc1[N+](=O)[O-]. The molecule has 0 fully saturated rings. The number of aliphatic hydroxyl groups is 2. The molecule has 1 aromatic heterocycles. The van der Waals surface area contributed by atoms with Gasteiger partial charge in [-0.1, -0.05) is 0 Å². The summed E-state index contributed by atoms with van der Waals surface area (Å²) in [5.74, 6) is -0.440. The minimum atomic E-state index is -1.33. The summed E-state index contributed by atoms with van der Waals surface area (Å²) >= 11 is 0. The molecule has 0 spiro atoms. The van der Waals surface area contributed by atoms with Crippen molar-refractivity contribution < 1.29 is 15.1 Å². The van der Waals surface area contributed by atoms with Crippen molar-refractivity contribution in [3.05, 3.63) is 34.0 Å². The summed E-state index contributed by atoms with van der Waals surface area (Å²) < 4.78 is 0. The van der Waals surface area contributed by atoms with Crippen molar-refractivity contribution in [1.82, 2.24) is 10.3 Å². The van der Waals surface area contributed by atoms with Gasteiger partial charge in [-0.05, 0) is 29.1 Å². The lowest BCUT2D eigenvalue weighted by Gasteiger charge is -2.16. The fourth-order valence-electron chi connectivity index (χ4n) is 1.32. The molecule has 0 aliphatic heterocycles. The second-order valence-electron chi connectivity index (χ2n) is 3.24. The van der Waals surface area contributed by atoms with Crippen LogP contribution in [0, 0.1) is 10.1 Å². The zero-order chi connectivity index (χ0) is 12.1. The maximum atomic E-state index is 10.6. The van der Waals surface area contributed by atoms with Gasteiger partial charge < -0.3 is 25.6 Å². The summed E-state index contributed by atoms with van der Waals surface area (Å²) in [7, 11) is 1.60. The fraction of sp³-hybridized carbons (Fsp3) is 0.444. The van der Waals surface area contributed by atoms with E-state index in [1.807, 2.05) is 0 Å². The molecule has 0 amide bonds. The zero-order valence-electron chi connectivity index (χ0n) is 8.70. The van der Waals surface area contributed by atoms with Crippen LogP contribution in [0.2, 0.25) is 0 Å². The van der Waals surface area contributed by atoms with Crippen LogP contribution in [0.5, 0.6) is 0 Å². The molecule has 0 saturated carbocycles. The Bertz CT molecular complexity index is 372. The minimum absolute atomic E-state index is 0.00949. The largest absolute Gasteiger partial charge is 0.389 e. The number of nitrogens with one attached hydrogen (secondary N) is 1. The molecule has 16 heavy (non-hydrogen) atoms. The Morgan fingerprint density at radius 1 is 1.62 bits per heavy atom. The molecule has 2 unspecified atom stereocenters. The summed E-state index contributed by atoms with van der Waals surface area (Å²) in [5, 5.41) is 32.5. The molecule has 0 aliphatic rings. The lowest BCUT2D eigenvalue weighted by Crippen LogP contribution is -2.30. The van der Waals surface area contributed by atoms with Gasteiger partial charge in [0.15, 0.2) is 0 Å². The van der Waals surface area contributed by atoms with Crippen LogP contribution >= 0.6 is 0 Å². The Labute approximate surface area is 91.9 Å². The third kappa shape index (κ3) is 2.72. The standard InChI is InChI=1S/C9H13N3O4/c1-10-5-7(13)8(14)6-3-2-4-11-9(6)12(15)16/h2-4,7-8,10,13-14H,5H2,1H3. The predicted octanol–water partition coefficient (Wildman–Crippen LogP) is -0.397. The van der Waals surface area contributed by atoms with Crippen molar-refractivity contribution in [3.8, 4) is 0 Å². The van der Waals surface area contributed by atoms with Gasteiger partial charge >= 0.3 is 5.82 Å². The second-order valence-corrected chi connectivity index (χ2v) is 3.24. The van der Waals surface area contributed by atoms with Gasteiger partial charge in [0.25, 0.3) is 0 Å². The molecule has 3 N–H and O–H groups in total. The Hall–Kier alpha value is -1.57. The smallest absolute Gasteiger partial charge is 0.369 e. The average molecular weight is 227 g/mol. The minimum Gasteiger partial charge on any atom is -0.389 e. The molecule has 1 rings (SSSR count). The second kappa shape index (κ2) is 5.50. The van der Waals surface area contributed by atoms with E-state index < -0.39 is 22.9 Å². The Morgan fingerprint density at radius 2 is 2.31 bits per heavy atom. The number of nitro groups is 1. The van der Waals surface area contributed by atoms with E-state index >= 15 is 0 Å². The highest BCUT2D eigenvalue weighted by atomic mass is 16.6. The number of aliphatic hydroxyl groups excluding tert-OH is 2. The van der Waals surface area contributed by atoms with Crippen LogP contribution in [0.25, 0.3) is 0 Å². The monoisotopic (exact) mass is 227 g/mol. The highest BCUT2D eigenvalue weighted by Gasteiger charge is 2.26. The first kappa shape index (κ1) is 12.5. The highest BCUT2D eigenvalue weighted by molar-refractivity contribution is 5.34. The van der Waals surface area contributed by atoms with Gasteiger partial charge in [0.2, 0.25) is 0 Å².